The molecule has 0 aliphatic rings. The van der Waals surface area contributed by atoms with E-state index in [2.05, 4.69) is 5.32 Å². The summed E-state index contributed by atoms with van der Waals surface area (Å²) in [6.07, 6.45) is 2.44. The summed E-state index contributed by atoms with van der Waals surface area (Å²) in [5.41, 5.74) is 6.23. The standard InChI is InChI=1S/C13H16N2O3/c14-13(18)11-5-1-2-6-12(11)15-8-10(9-17)4-3-7-16/h1-2,5-7,9-10,15H,3-4,8H2,(H2,14,18). The summed E-state index contributed by atoms with van der Waals surface area (Å²) in [4.78, 5) is 32.2. The molecular formula is C13H16N2O3. The first-order chi connectivity index (χ1) is 8.69. The lowest BCUT2D eigenvalue weighted by molar-refractivity contribution is -0.111. The molecule has 3 N–H and O–H groups in total. The quantitative estimate of drug-likeness (QED) is 0.671. The number of carbonyl (C=O) groups is 3. The summed E-state index contributed by atoms with van der Waals surface area (Å²) < 4.78 is 0. The third-order valence-corrected chi connectivity index (χ3v) is 2.59. The summed E-state index contributed by atoms with van der Waals surface area (Å²) in [5, 5.41) is 3.01. The van der Waals surface area contributed by atoms with Crippen LogP contribution in [0.1, 0.15) is 23.2 Å². The summed E-state index contributed by atoms with van der Waals surface area (Å²) in [6, 6.07) is 6.83. The molecule has 0 spiro atoms. The van der Waals surface area contributed by atoms with Gasteiger partial charge in [0.2, 0.25) is 0 Å². The topological polar surface area (TPSA) is 89.3 Å². The molecule has 18 heavy (non-hydrogen) atoms. The molecule has 96 valence electrons. The number of para-hydroxylation sites is 1. The lowest BCUT2D eigenvalue weighted by Crippen LogP contribution is -2.19. The highest BCUT2D eigenvalue weighted by Crippen LogP contribution is 2.15. The number of amides is 1. The predicted molar refractivity (Wildman–Crippen MR) is 68.3 cm³/mol. The highest BCUT2D eigenvalue weighted by atomic mass is 16.1. The number of nitrogens with two attached hydrogens (primary N) is 1. The van der Waals surface area contributed by atoms with E-state index in [1.165, 1.54) is 0 Å². The number of rotatable bonds is 8. The van der Waals surface area contributed by atoms with Crippen LogP contribution in [0.4, 0.5) is 5.69 Å². The molecule has 0 saturated carbocycles. The molecule has 1 aromatic carbocycles. The molecule has 1 aromatic rings. The van der Waals surface area contributed by atoms with Crippen LogP contribution in [0.5, 0.6) is 0 Å². The fourth-order valence-electron chi connectivity index (χ4n) is 1.59. The number of hydrogen-bond acceptors (Lipinski definition) is 4. The van der Waals surface area contributed by atoms with Crippen molar-refractivity contribution in [3.05, 3.63) is 29.8 Å². The lowest BCUT2D eigenvalue weighted by Gasteiger charge is -2.13. The third-order valence-electron chi connectivity index (χ3n) is 2.59. The van der Waals surface area contributed by atoms with Crippen molar-refractivity contribution in [3.63, 3.8) is 0 Å². The van der Waals surface area contributed by atoms with Gasteiger partial charge in [0.15, 0.2) is 0 Å². The van der Waals surface area contributed by atoms with E-state index in [1.807, 2.05) is 0 Å². The number of aldehydes is 2. The SMILES string of the molecule is NC(=O)c1ccccc1NCC(C=O)CCC=O. The monoisotopic (exact) mass is 248 g/mol. The van der Waals surface area contributed by atoms with Gasteiger partial charge in [-0.05, 0) is 18.6 Å². The zero-order valence-corrected chi connectivity index (χ0v) is 9.96. The molecule has 0 bridgehead atoms. The molecule has 0 fully saturated rings. The van der Waals surface area contributed by atoms with Gasteiger partial charge in [0.05, 0.1) is 5.56 Å². The molecule has 1 atom stereocenters. The summed E-state index contributed by atoms with van der Waals surface area (Å²) in [7, 11) is 0. The van der Waals surface area contributed by atoms with Crippen molar-refractivity contribution in [1.29, 1.82) is 0 Å². The maximum absolute atomic E-state index is 11.2. The van der Waals surface area contributed by atoms with Gasteiger partial charge in [-0.25, -0.2) is 0 Å². The van der Waals surface area contributed by atoms with Gasteiger partial charge in [0.25, 0.3) is 5.91 Å². The smallest absolute Gasteiger partial charge is 0.250 e. The minimum atomic E-state index is -0.520. The van der Waals surface area contributed by atoms with Gasteiger partial charge in [-0.15, -0.1) is 0 Å². The minimum absolute atomic E-state index is 0.254. The van der Waals surface area contributed by atoms with E-state index in [1.54, 1.807) is 24.3 Å². The van der Waals surface area contributed by atoms with Crippen molar-refractivity contribution in [2.24, 2.45) is 11.7 Å². The Hall–Kier alpha value is -2.17. The van der Waals surface area contributed by atoms with Crippen LogP contribution in [-0.4, -0.2) is 25.0 Å². The van der Waals surface area contributed by atoms with E-state index >= 15 is 0 Å². The molecule has 0 saturated heterocycles. The van der Waals surface area contributed by atoms with Crippen molar-refractivity contribution < 1.29 is 14.4 Å². The summed E-state index contributed by atoms with van der Waals surface area (Å²) in [5.74, 6) is -0.773. The van der Waals surface area contributed by atoms with Crippen LogP contribution < -0.4 is 11.1 Å². The van der Waals surface area contributed by atoms with Gasteiger partial charge in [-0.2, -0.15) is 0 Å². The second-order valence-electron chi connectivity index (χ2n) is 3.93. The molecule has 1 amide bonds. The summed E-state index contributed by atoms with van der Waals surface area (Å²) in [6.45, 7) is 0.377. The Morgan fingerprint density at radius 3 is 2.67 bits per heavy atom. The molecular weight excluding hydrogens is 232 g/mol. The molecule has 0 heterocycles. The zero-order chi connectivity index (χ0) is 13.4. The van der Waals surface area contributed by atoms with Gasteiger partial charge in [-0.1, -0.05) is 12.1 Å². The first-order valence-corrected chi connectivity index (χ1v) is 5.70. The Morgan fingerprint density at radius 1 is 1.33 bits per heavy atom. The highest BCUT2D eigenvalue weighted by Gasteiger charge is 2.10. The predicted octanol–water partition coefficient (Wildman–Crippen LogP) is 0.992. The van der Waals surface area contributed by atoms with Crippen LogP contribution in [0.25, 0.3) is 0 Å². The van der Waals surface area contributed by atoms with E-state index in [0.29, 0.717) is 30.6 Å². The largest absolute Gasteiger partial charge is 0.384 e. The first-order valence-electron chi connectivity index (χ1n) is 5.70. The Morgan fingerprint density at radius 2 is 2.06 bits per heavy atom. The Kier molecular flexibility index (Phi) is 5.57. The van der Waals surface area contributed by atoms with Crippen molar-refractivity contribution >= 4 is 24.2 Å². The van der Waals surface area contributed by atoms with Gasteiger partial charge in [-0.3, -0.25) is 4.79 Å². The second-order valence-corrected chi connectivity index (χ2v) is 3.93. The van der Waals surface area contributed by atoms with Crippen LogP contribution >= 0.6 is 0 Å². The fourth-order valence-corrected chi connectivity index (χ4v) is 1.59. The molecule has 5 heteroatoms. The molecule has 0 aliphatic heterocycles. The van der Waals surface area contributed by atoms with Gasteiger partial charge in [0, 0.05) is 24.6 Å². The number of primary amides is 1. The number of carbonyl (C=O) groups excluding carboxylic acids is 3. The van der Waals surface area contributed by atoms with Crippen molar-refractivity contribution in [1.82, 2.24) is 0 Å². The van der Waals surface area contributed by atoms with Crippen LogP contribution in [0, 0.1) is 5.92 Å². The molecule has 1 unspecified atom stereocenters. The van der Waals surface area contributed by atoms with Crippen LogP contribution in [0.2, 0.25) is 0 Å². The van der Waals surface area contributed by atoms with E-state index in [0.717, 1.165) is 12.6 Å². The van der Waals surface area contributed by atoms with Gasteiger partial charge >= 0.3 is 0 Å². The highest BCUT2D eigenvalue weighted by molar-refractivity contribution is 5.98. The van der Waals surface area contributed by atoms with Gasteiger partial charge < -0.3 is 20.6 Å². The van der Waals surface area contributed by atoms with E-state index < -0.39 is 5.91 Å². The second kappa shape index (κ2) is 7.21. The molecule has 0 radical (unpaired) electrons. The molecule has 5 nitrogen and oxygen atoms in total. The minimum Gasteiger partial charge on any atom is -0.384 e. The average Bonchev–Trinajstić information content (AvgIpc) is 2.39. The normalized spacial score (nSPS) is 11.6. The number of hydrogen-bond donors (Lipinski definition) is 2. The number of anilines is 1. The Bertz CT molecular complexity index is 432. The number of nitrogens with one attached hydrogen (secondary N) is 1. The Labute approximate surface area is 105 Å². The van der Waals surface area contributed by atoms with E-state index in [9.17, 15) is 14.4 Å². The maximum Gasteiger partial charge on any atom is 0.250 e. The van der Waals surface area contributed by atoms with Crippen LogP contribution in [0.15, 0.2) is 24.3 Å². The molecule has 0 aliphatic carbocycles. The van der Waals surface area contributed by atoms with Crippen molar-refractivity contribution in [2.45, 2.75) is 12.8 Å². The van der Waals surface area contributed by atoms with Gasteiger partial charge in [0.1, 0.15) is 12.6 Å². The van der Waals surface area contributed by atoms with E-state index in [-0.39, 0.29) is 5.92 Å². The Balaban J connectivity index is 2.64. The molecule has 1 rings (SSSR count). The van der Waals surface area contributed by atoms with Crippen LogP contribution in [0.3, 0.4) is 0 Å². The third kappa shape index (κ3) is 4.01. The lowest BCUT2D eigenvalue weighted by atomic mass is 10.1. The molecule has 0 aromatic heterocycles. The summed E-state index contributed by atoms with van der Waals surface area (Å²) >= 11 is 0. The fraction of sp³-hybridized carbons (Fsp3) is 0.308. The van der Waals surface area contributed by atoms with E-state index in [4.69, 9.17) is 5.73 Å². The van der Waals surface area contributed by atoms with Crippen molar-refractivity contribution in [3.8, 4) is 0 Å². The van der Waals surface area contributed by atoms with Crippen LogP contribution in [-0.2, 0) is 9.59 Å². The maximum atomic E-state index is 11.2. The number of benzene rings is 1. The average molecular weight is 248 g/mol. The first kappa shape index (κ1) is 13.9. The van der Waals surface area contributed by atoms with Crippen molar-refractivity contribution in [2.75, 3.05) is 11.9 Å². The zero-order valence-electron chi connectivity index (χ0n) is 9.96.